The Morgan fingerprint density at radius 1 is 1.14 bits per heavy atom. The second kappa shape index (κ2) is 7.02. The van der Waals surface area contributed by atoms with Crippen molar-refractivity contribution in [2.45, 2.75) is 39.7 Å². The number of benzene rings is 1. The van der Waals surface area contributed by atoms with Gasteiger partial charge >= 0.3 is 5.97 Å². The summed E-state index contributed by atoms with van der Waals surface area (Å²) in [4.78, 5) is 15.7. The number of pyridine rings is 1. The summed E-state index contributed by atoms with van der Waals surface area (Å²) in [5, 5.41) is 0. The molecule has 0 radical (unpaired) electrons. The SMILES string of the molecule is CCc1cccc(CC)c1[C@H](OC(C)=O)c1cccnc1. The van der Waals surface area contributed by atoms with E-state index in [-0.39, 0.29) is 12.1 Å². The molecule has 3 heteroatoms. The molecule has 1 atom stereocenters. The standard InChI is InChI=1S/C18H21NO2/c1-4-14-8-6-9-15(5-2)17(14)18(21-13(3)20)16-10-7-11-19-12-16/h6-12,18H,4-5H2,1-3H3/t18-/m1/s1. The minimum atomic E-state index is -0.387. The van der Waals surface area contributed by atoms with Gasteiger partial charge in [0.05, 0.1) is 0 Å². The number of hydrogen-bond acceptors (Lipinski definition) is 3. The summed E-state index contributed by atoms with van der Waals surface area (Å²) < 4.78 is 5.63. The second-order valence-electron chi connectivity index (χ2n) is 4.97. The van der Waals surface area contributed by atoms with E-state index >= 15 is 0 Å². The molecular formula is C18H21NO2. The first-order chi connectivity index (χ1) is 10.2. The van der Waals surface area contributed by atoms with Crippen LogP contribution in [0.25, 0.3) is 0 Å². The summed E-state index contributed by atoms with van der Waals surface area (Å²) in [6, 6.07) is 10.1. The van der Waals surface area contributed by atoms with Crippen molar-refractivity contribution in [2.24, 2.45) is 0 Å². The third kappa shape index (κ3) is 3.48. The van der Waals surface area contributed by atoms with Crippen LogP contribution in [-0.2, 0) is 22.4 Å². The van der Waals surface area contributed by atoms with Crippen LogP contribution in [0.1, 0.15) is 49.1 Å². The average molecular weight is 283 g/mol. The maximum absolute atomic E-state index is 11.6. The topological polar surface area (TPSA) is 39.2 Å². The number of carbonyl (C=O) groups excluding carboxylic acids is 1. The van der Waals surface area contributed by atoms with E-state index < -0.39 is 0 Å². The molecule has 0 spiro atoms. The fraction of sp³-hybridized carbons (Fsp3) is 0.333. The Bertz CT molecular complexity index is 586. The molecule has 110 valence electrons. The number of nitrogens with zero attached hydrogens (tertiary/aromatic N) is 1. The van der Waals surface area contributed by atoms with Crippen molar-refractivity contribution >= 4 is 5.97 Å². The lowest BCUT2D eigenvalue weighted by Crippen LogP contribution is -2.14. The number of hydrogen-bond donors (Lipinski definition) is 0. The average Bonchev–Trinajstić information content (AvgIpc) is 2.52. The Hall–Kier alpha value is -2.16. The van der Waals surface area contributed by atoms with Gasteiger partial charge in [-0.3, -0.25) is 9.78 Å². The first kappa shape index (κ1) is 15.2. The van der Waals surface area contributed by atoms with Crippen LogP contribution >= 0.6 is 0 Å². The van der Waals surface area contributed by atoms with Gasteiger partial charge < -0.3 is 4.74 Å². The number of aryl methyl sites for hydroxylation is 2. The molecule has 0 aliphatic carbocycles. The summed E-state index contributed by atoms with van der Waals surface area (Å²) >= 11 is 0. The summed E-state index contributed by atoms with van der Waals surface area (Å²) in [6.45, 7) is 5.68. The number of aromatic nitrogens is 1. The molecular weight excluding hydrogens is 262 g/mol. The Morgan fingerprint density at radius 2 is 1.81 bits per heavy atom. The minimum Gasteiger partial charge on any atom is -0.453 e. The minimum absolute atomic E-state index is 0.281. The van der Waals surface area contributed by atoms with Gasteiger partial charge in [-0.05, 0) is 30.0 Å². The van der Waals surface area contributed by atoms with Gasteiger partial charge in [-0.25, -0.2) is 0 Å². The van der Waals surface area contributed by atoms with Crippen molar-refractivity contribution in [3.8, 4) is 0 Å². The molecule has 2 aromatic rings. The molecule has 2 rings (SSSR count). The maximum Gasteiger partial charge on any atom is 0.303 e. The lowest BCUT2D eigenvalue weighted by molar-refractivity contribution is -0.144. The van der Waals surface area contributed by atoms with Gasteiger partial charge in [-0.15, -0.1) is 0 Å². The van der Waals surface area contributed by atoms with E-state index in [9.17, 15) is 4.79 Å². The van der Waals surface area contributed by atoms with Crippen LogP contribution in [-0.4, -0.2) is 11.0 Å². The highest BCUT2D eigenvalue weighted by atomic mass is 16.5. The van der Waals surface area contributed by atoms with Crippen LogP contribution in [0.2, 0.25) is 0 Å². The van der Waals surface area contributed by atoms with E-state index in [2.05, 4.69) is 37.0 Å². The van der Waals surface area contributed by atoms with E-state index in [1.165, 1.54) is 18.1 Å². The van der Waals surface area contributed by atoms with Gasteiger partial charge in [0.2, 0.25) is 0 Å². The maximum atomic E-state index is 11.6. The summed E-state index contributed by atoms with van der Waals surface area (Å²) in [7, 11) is 0. The Morgan fingerprint density at radius 3 is 2.29 bits per heavy atom. The molecule has 21 heavy (non-hydrogen) atoms. The predicted molar refractivity (Wildman–Crippen MR) is 83.0 cm³/mol. The second-order valence-corrected chi connectivity index (χ2v) is 4.97. The zero-order valence-electron chi connectivity index (χ0n) is 12.8. The monoisotopic (exact) mass is 283 g/mol. The quantitative estimate of drug-likeness (QED) is 0.782. The molecule has 1 heterocycles. The molecule has 0 N–H and O–H groups in total. The molecule has 0 amide bonds. The molecule has 1 aromatic carbocycles. The smallest absolute Gasteiger partial charge is 0.303 e. The van der Waals surface area contributed by atoms with Crippen LogP contribution in [0.5, 0.6) is 0 Å². The molecule has 1 aromatic heterocycles. The van der Waals surface area contributed by atoms with Gasteiger partial charge in [-0.2, -0.15) is 0 Å². The molecule has 3 nitrogen and oxygen atoms in total. The number of rotatable bonds is 5. The van der Waals surface area contributed by atoms with Gasteiger partial charge in [0.15, 0.2) is 6.10 Å². The van der Waals surface area contributed by atoms with E-state index in [0.717, 1.165) is 24.0 Å². The molecule has 0 saturated carbocycles. The van der Waals surface area contributed by atoms with Crippen molar-refractivity contribution in [1.29, 1.82) is 0 Å². The zero-order valence-corrected chi connectivity index (χ0v) is 12.8. The molecule has 0 bridgehead atoms. The predicted octanol–water partition coefficient (Wildman–Crippen LogP) is 3.86. The van der Waals surface area contributed by atoms with Gasteiger partial charge in [-0.1, -0.05) is 38.1 Å². The highest BCUT2D eigenvalue weighted by Crippen LogP contribution is 2.32. The summed E-state index contributed by atoms with van der Waals surface area (Å²) in [6.07, 6.45) is 4.91. The van der Waals surface area contributed by atoms with Crippen LogP contribution in [0.4, 0.5) is 0 Å². The van der Waals surface area contributed by atoms with Crippen molar-refractivity contribution in [3.05, 3.63) is 65.0 Å². The third-order valence-corrected chi connectivity index (χ3v) is 3.58. The number of carbonyl (C=O) groups is 1. The van der Waals surface area contributed by atoms with E-state index in [4.69, 9.17) is 4.74 Å². The van der Waals surface area contributed by atoms with E-state index in [1.54, 1.807) is 12.4 Å². The van der Waals surface area contributed by atoms with Crippen molar-refractivity contribution in [2.75, 3.05) is 0 Å². The molecule has 0 saturated heterocycles. The number of esters is 1. The Balaban J connectivity index is 2.58. The van der Waals surface area contributed by atoms with Crippen molar-refractivity contribution in [3.63, 3.8) is 0 Å². The van der Waals surface area contributed by atoms with Crippen molar-refractivity contribution < 1.29 is 9.53 Å². The zero-order chi connectivity index (χ0) is 15.2. The summed E-state index contributed by atoms with van der Waals surface area (Å²) in [5.41, 5.74) is 4.43. The third-order valence-electron chi connectivity index (χ3n) is 3.58. The largest absolute Gasteiger partial charge is 0.453 e. The first-order valence-electron chi connectivity index (χ1n) is 7.35. The summed E-state index contributed by atoms with van der Waals surface area (Å²) in [5.74, 6) is -0.281. The van der Waals surface area contributed by atoms with Gasteiger partial charge in [0, 0.05) is 30.4 Å². The highest BCUT2D eigenvalue weighted by molar-refractivity contribution is 5.67. The van der Waals surface area contributed by atoms with E-state index in [0.29, 0.717) is 0 Å². The Kier molecular flexibility index (Phi) is 5.09. The lowest BCUT2D eigenvalue weighted by atomic mass is 9.90. The van der Waals surface area contributed by atoms with E-state index in [1.807, 2.05) is 12.1 Å². The van der Waals surface area contributed by atoms with Crippen LogP contribution < -0.4 is 0 Å². The normalized spacial score (nSPS) is 12.0. The van der Waals surface area contributed by atoms with Gasteiger partial charge in [0.25, 0.3) is 0 Å². The molecule has 0 fully saturated rings. The van der Waals surface area contributed by atoms with Gasteiger partial charge in [0.1, 0.15) is 0 Å². The van der Waals surface area contributed by atoms with Crippen LogP contribution in [0.15, 0.2) is 42.7 Å². The van der Waals surface area contributed by atoms with Crippen molar-refractivity contribution in [1.82, 2.24) is 4.98 Å². The molecule has 0 unspecified atom stereocenters. The fourth-order valence-electron chi connectivity index (χ4n) is 2.61. The molecule has 0 aliphatic heterocycles. The first-order valence-corrected chi connectivity index (χ1v) is 7.35. The van der Waals surface area contributed by atoms with Crippen LogP contribution in [0, 0.1) is 0 Å². The number of ether oxygens (including phenoxy) is 1. The Labute approximate surface area is 126 Å². The lowest BCUT2D eigenvalue weighted by Gasteiger charge is -2.23. The fourth-order valence-corrected chi connectivity index (χ4v) is 2.61. The van der Waals surface area contributed by atoms with Crippen LogP contribution in [0.3, 0.4) is 0 Å². The molecule has 0 aliphatic rings. The highest BCUT2D eigenvalue weighted by Gasteiger charge is 2.22.